The molecule has 0 spiro atoms. The van der Waals surface area contributed by atoms with Crippen molar-refractivity contribution in [3.05, 3.63) is 24.0 Å². The minimum Gasteiger partial charge on any atom is -0.477 e. The van der Waals surface area contributed by atoms with Gasteiger partial charge in [0.1, 0.15) is 5.69 Å². The predicted molar refractivity (Wildman–Crippen MR) is 50.1 cm³/mol. The topological polar surface area (TPSA) is 53.4 Å². The van der Waals surface area contributed by atoms with Gasteiger partial charge in [0.25, 0.3) is 0 Å². The number of aromatic nitrogens is 1. The standard InChI is InChI=1S/C9H12N2O2/c1-3-11(2)7-4-5-8(9(12)13)10-6-7/h4-6H,3H2,1-2H3,(H,12,13). The number of carboxylic acid groups (broad SMARTS) is 1. The van der Waals surface area contributed by atoms with Gasteiger partial charge in [-0.2, -0.15) is 0 Å². The Labute approximate surface area is 76.8 Å². The second kappa shape index (κ2) is 3.89. The molecular formula is C9H12N2O2. The van der Waals surface area contributed by atoms with Crippen LogP contribution in [0.3, 0.4) is 0 Å². The quantitative estimate of drug-likeness (QED) is 0.760. The molecular weight excluding hydrogens is 168 g/mol. The van der Waals surface area contributed by atoms with Crippen molar-refractivity contribution in [3.63, 3.8) is 0 Å². The summed E-state index contributed by atoms with van der Waals surface area (Å²) in [6, 6.07) is 3.25. The minimum absolute atomic E-state index is 0.0771. The Hall–Kier alpha value is -1.58. The summed E-state index contributed by atoms with van der Waals surface area (Å²) in [5.74, 6) is -0.995. The van der Waals surface area contributed by atoms with Crippen LogP contribution in [0.2, 0.25) is 0 Å². The van der Waals surface area contributed by atoms with Crippen molar-refractivity contribution in [1.82, 2.24) is 4.98 Å². The van der Waals surface area contributed by atoms with Gasteiger partial charge in [0.2, 0.25) is 0 Å². The fourth-order valence-electron chi connectivity index (χ4n) is 0.921. The van der Waals surface area contributed by atoms with E-state index in [9.17, 15) is 4.79 Å². The van der Waals surface area contributed by atoms with Crippen LogP contribution in [0.25, 0.3) is 0 Å². The van der Waals surface area contributed by atoms with Crippen molar-refractivity contribution in [2.24, 2.45) is 0 Å². The first kappa shape index (κ1) is 9.51. The van der Waals surface area contributed by atoms with E-state index in [2.05, 4.69) is 4.98 Å². The fourth-order valence-corrected chi connectivity index (χ4v) is 0.921. The van der Waals surface area contributed by atoms with Crippen LogP contribution in [-0.2, 0) is 0 Å². The first-order valence-corrected chi connectivity index (χ1v) is 4.05. The van der Waals surface area contributed by atoms with Crippen LogP contribution in [0.1, 0.15) is 17.4 Å². The summed E-state index contributed by atoms with van der Waals surface area (Å²) in [5.41, 5.74) is 1.00. The van der Waals surface area contributed by atoms with E-state index in [0.717, 1.165) is 12.2 Å². The molecule has 4 heteroatoms. The number of rotatable bonds is 3. The molecule has 0 bridgehead atoms. The summed E-state index contributed by atoms with van der Waals surface area (Å²) in [6.07, 6.45) is 1.56. The lowest BCUT2D eigenvalue weighted by molar-refractivity contribution is 0.0690. The second-order valence-electron chi connectivity index (χ2n) is 2.72. The molecule has 4 nitrogen and oxygen atoms in total. The van der Waals surface area contributed by atoms with Crippen LogP contribution in [0.4, 0.5) is 5.69 Å². The third kappa shape index (κ3) is 2.18. The summed E-state index contributed by atoms with van der Waals surface area (Å²) in [7, 11) is 1.93. The SMILES string of the molecule is CCN(C)c1ccc(C(=O)O)nc1. The van der Waals surface area contributed by atoms with Gasteiger partial charge in [-0.3, -0.25) is 0 Å². The lowest BCUT2D eigenvalue weighted by Crippen LogP contribution is -2.16. The maximum Gasteiger partial charge on any atom is 0.354 e. The molecule has 13 heavy (non-hydrogen) atoms. The molecule has 0 amide bonds. The van der Waals surface area contributed by atoms with Crippen LogP contribution in [0.5, 0.6) is 0 Å². The van der Waals surface area contributed by atoms with Gasteiger partial charge in [0, 0.05) is 13.6 Å². The van der Waals surface area contributed by atoms with Crippen molar-refractivity contribution in [3.8, 4) is 0 Å². The van der Waals surface area contributed by atoms with E-state index in [-0.39, 0.29) is 5.69 Å². The normalized spacial score (nSPS) is 9.69. The number of anilines is 1. The molecule has 0 atom stereocenters. The summed E-state index contributed by atoms with van der Waals surface area (Å²) in [6.45, 7) is 2.89. The molecule has 70 valence electrons. The summed E-state index contributed by atoms with van der Waals surface area (Å²) in [4.78, 5) is 16.3. The van der Waals surface area contributed by atoms with E-state index in [1.54, 1.807) is 12.3 Å². The molecule has 1 heterocycles. The van der Waals surface area contributed by atoms with E-state index in [4.69, 9.17) is 5.11 Å². The van der Waals surface area contributed by atoms with Crippen LogP contribution in [0, 0.1) is 0 Å². The van der Waals surface area contributed by atoms with Crippen LogP contribution in [0.15, 0.2) is 18.3 Å². The summed E-state index contributed by atoms with van der Waals surface area (Å²) < 4.78 is 0. The molecule has 1 rings (SSSR count). The fraction of sp³-hybridized carbons (Fsp3) is 0.333. The Kier molecular flexibility index (Phi) is 2.84. The zero-order valence-electron chi connectivity index (χ0n) is 7.69. The molecule has 0 aliphatic heterocycles. The number of carbonyl (C=O) groups is 1. The van der Waals surface area contributed by atoms with Crippen LogP contribution < -0.4 is 4.90 Å². The highest BCUT2D eigenvalue weighted by atomic mass is 16.4. The second-order valence-corrected chi connectivity index (χ2v) is 2.72. The number of pyridine rings is 1. The number of hydrogen-bond donors (Lipinski definition) is 1. The first-order valence-electron chi connectivity index (χ1n) is 4.05. The third-order valence-electron chi connectivity index (χ3n) is 1.88. The Morgan fingerprint density at radius 2 is 2.31 bits per heavy atom. The molecule has 0 aliphatic carbocycles. The Morgan fingerprint density at radius 3 is 2.69 bits per heavy atom. The van der Waals surface area contributed by atoms with Gasteiger partial charge in [-0.25, -0.2) is 9.78 Å². The van der Waals surface area contributed by atoms with Gasteiger partial charge in [-0.15, -0.1) is 0 Å². The molecule has 0 saturated carbocycles. The van der Waals surface area contributed by atoms with Gasteiger partial charge in [0.05, 0.1) is 11.9 Å². The third-order valence-corrected chi connectivity index (χ3v) is 1.88. The lowest BCUT2D eigenvalue weighted by atomic mass is 10.3. The maximum absolute atomic E-state index is 10.5. The monoisotopic (exact) mass is 180 g/mol. The lowest BCUT2D eigenvalue weighted by Gasteiger charge is -2.15. The van der Waals surface area contributed by atoms with Crippen molar-refractivity contribution in [2.75, 3.05) is 18.5 Å². The molecule has 1 aromatic rings. The van der Waals surface area contributed by atoms with E-state index in [1.165, 1.54) is 6.07 Å². The minimum atomic E-state index is -0.995. The van der Waals surface area contributed by atoms with Crippen molar-refractivity contribution in [1.29, 1.82) is 0 Å². The van der Waals surface area contributed by atoms with Gasteiger partial charge < -0.3 is 10.0 Å². The highest BCUT2D eigenvalue weighted by Gasteiger charge is 2.04. The van der Waals surface area contributed by atoms with E-state index in [1.807, 2.05) is 18.9 Å². The molecule has 0 unspecified atom stereocenters. The van der Waals surface area contributed by atoms with Crippen LogP contribution in [-0.4, -0.2) is 29.7 Å². The van der Waals surface area contributed by atoms with Crippen molar-refractivity contribution < 1.29 is 9.90 Å². The zero-order chi connectivity index (χ0) is 9.84. The Balaban J connectivity index is 2.87. The van der Waals surface area contributed by atoms with Gasteiger partial charge >= 0.3 is 5.97 Å². The van der Waals surface area contributed by atoms with E-state index < -0.39 is 5.97 Å². The highest BCUT2D eigenvalue weighted by molar-refractivity contribution is 5.85. The largest absolute Gasteiger partial charge is 0.477 e. The molecule has 0 fully saturated rings. The van der Waals surface area contributed by atoms with Gasteiger partial charge in [0.15, 0.2) is 0 Å². The average molecular weight is 180 g/mol. The predicted octanol–water partition coefficient (Wildman–Crippen LogP) is 1.24. The molecule has 1 aromatic heterocycles. The van der Waals surface area contributed by atoms with Gasteiger partial charge in [-0.05, 0) is 19.1 Å². The summed E-state index contributed by atoms with van der Waals surface area (Å²) >= 11 is 0. The number of carboxylic acids is 1. The van der Waals surface area contributed by atoms with Crippen molar-refractivity contribution in [2.45, 2.75) is 6.92 Å². The smallest absolute Gasteiger partial charge is 0.354 e. The molecule has 0 aliphatic rings. The van der Waals surface area contributed by atoms with Crippen molar-refractivity contribution >= 4 is 11.7 Å². The number of aromatic carboxylic acids is 1. The zero-order valence-corrected chi connectivity index (χ0v) is 7.69. The molecule has 1 N–H and O–H groups in total. The molecule has 0 aromatic carbocycles. The average Bonchev–Trinajstić information content (AvgIpc) is 2.17. The van der Waals surface area contributed by atoms with E-state index >= 15 is 0 Å². The molecule has 0 radical (unpaired) electrons. The Morgan fingerprint density at radius 1 is 1.62 bits per heavy atom. The summed E-state index contributed by atoms with van der Waals surface area (Å²) in [5, 5.41) is 8.60. The first-order chi connectivity index (χ1) is 6.15. The Bertz CT molecular complexity index is 295. The highest BCUT2D eigenvalue weighted by Crippen LogP contribution is 2.10. The van der Waals surface area contributed by atoms with Crippen LogP contribution >= 0.6 is 0 Å². The maximum atomic E-state index is 10.5. The van der Waals surface area contributed by atoms with Gasteiger partial charge in [-0.1, -0.05) is 0 Å². The number of nitrogens with zero attached hydrogens (tertiary/aromatic N) is 2. The molecule has 0 saturated heterocycles. The number of hydrogen-bond acceptors (Lipinski definition) is 3. The van der Waals surface area contributed by atoms with E-state index in [0.29, 0.717) is 0 Å².